The fraction of sp³-hybridized carbons (Fsp3) is 0.263. The van der Waals surface area contributed by atoms with E-state index in [0.29, 0.717) is 35.2 Å². The molecule has 2 rings (SSSR count). The quantitative estimate of drug-likeness (QED) is 0.659. The van der Waals surface area contributed by atoms with Crippen LogP contribution in [-0.4, -0.2) is 38.7 Å². The summed E-state index contributed by atoms with van der Waals surface area (Å²) >= 11 is 6.01. The summed E-state index contributed by atoms with van der Waals surface area (Å²) in [5.74, 6) is 0.0460. The van der Waals surface area contributed by atoms with Gasteiger partial charge in [0, 0.05) is 25.9 Å². The molecule has 0 saturated heterocycles. The van der Waals surface area contributed by atoms with Crippen molar-refractivity contribution in [1.82, 2.24) is 5.32 Å². The molecule has 0 aliphatic rings. The Balaban J connectivity index is 1.80. The third-order valence-corrected chi connectivity index (χ3v) is 3.78. The SMILES string of the molecule is COCCCNC(=O)COc1ccc(NC(=O)c2ccccc2Cl)cc1. The minimum Gasteiger partial charge on any atom is -0.484 e. The molecule has 138 valence electrons. The van der Waals surface area contributed by atoms with Crippen molar-refractivity contribution < 1.29 is 19.1 Å². The number of hydrogen-bond donors (Lipinski definition) is 2. The Morgan fingerprint density at radius 3 is 2.50 bits per heavy atom. The molecule has 0 spiro atoms. The first kappa shape index (κ1) is 19.8. The highest BCUT2D eigenvalue weighted by Crippen LogP contribution is 2.19. The van der Waals surface area contributed by atoms with Gasteiger partial charge in [0.2, 0.25) is 0 Å². The molecule has 0 fully saturated rings. The number of anilines is 1. The second-order valence-corrected chi connectivity index (χ2v) is 5.85. The molecule has 6 nitrogen and oxygen atoms in total. The first-order chi connectivity index (χ1) is 12.6. The van der Waals surface area contributed by atoms with Crippen molar-refractivity contribution in [3.05, 3.63) is 59.1 Å². The van der Waals surface area contributed by atoms with Gasteiger partial charge >= 0.3 is 0 Å². The van der Waals surface area contributed by atoms with Gasteiger partial charge in [-0.05, 0) is 42.8 Å². The second kappa shape index (κ2) is 10.4. The molecular weight excluding hydrogens is 356 g/mol. The topological polar surface area (TPSA) is 76.7 Å². The normalized spacial score (nSPS) is 10.2. The molecule has 2 aromatic carbocycles. The van der Waals surface area contributed by atoms with E-state index in [1.165, 1.54) is 0 Å². The molecule has 7 heteroatoms. The van der Waals surface area contributed by atoms with Gasteiger partial charge in [0.1, 0.15) is 5.75 Å². The molecule has 2 N–H and O–H groups in total. The van der Waals surface area contributed by atoms with Crippen LogP contribution >= 0.6 is 11.6 Å². The van der Waals surface area contributed by atoms with E-state index in [1.54, 1.807) is 55.6 Å². The van der Waals surface area contributed by atoms with Gasteiger partial charge in [-0.25, -0.2) is 0 Å². The van der Waals surface area contributed by atoms with Gasteiger partial charge in [0.25, 0.3) is 11.8 Å². The predicted octanol–water partition coefficient (Wildman–Crippen LogP) is 3.12. The van der Waals surface area contributed by atoms with E-state index in [9.17, 15) is 9.59 Å². The zero-order valence-electron chi connectivity index (χ0n) is 14.5. The van der Waals surface area contributed by atoms with Crippen LogP contribution in [-0.2, 0) is 9.53 Å². The van der Waals surface area contributed by atoms with Gasteiger partial charge in [0.15, 0.2) is 6.61 Å². The Kier molecular flexibility index (Phi) is 7.92. The van der Waals surface area contributed by atoms with Crippen LogP contribution < -0.4 is 15.4 Å². The van der Waals surface area contributed by atoms with Crippen molar-refractivity contribution in [3.8, 4) is 5.75 Å². The summed E-state index contributed by atoms with van der Waals surface area (Å²) in [6.45, 7) is 1.07. The fourth-order valence-corrected chi connectivity index (χ4v) is 2.34. The third-order valence-electron chi connectivity index (χ3n) is 3.45. The molecule has 0 saturated carbocycles. The van der Waals surface area contributed by atoms with Crippen molar-refractivity contribution >= 4 is 29.1 Å². The highest BCUT2D eigenvalue weighted by Gasteiger charge is 2.10. The maximum absolute atomic E-state index is 12.2. The van der Waals surface area contributed by atoms with Gasteiger partial charge in [-0.2, -0.15) is 0 Å². The number of nitrogens with one attached hydrogen (secondary N) is 2. The van der Waals surface area contributed by atoms with Crippen LogP contribution in [0, 0.1) is 0 Å². The average Bonchev–Trinajstić information content (AvgIpc) is 2.65. The number of hydrogen-bond acceptors (Lipinski definition) is 4. The first-order valence-electron chi connectivity index (χ1n) is 8.14. The Morgan fingerprint density at radius 2 is 1.81 bits per heavy atom. The van der Waals surface area contributed by atoms with E-state index in [0.717, 1.165) is 6.42 Å². The lowest BCUT2D eigenvalue weighted by molar-refractivity contribution is -0.123. The van der Waals surface area contributed by atoms with Crippen LogP contribution in [0.15, 0.2) is 48.5 Å². The van der Waals surface area contributed by atoms with Gasteiger partial charge < -0.3 is 20.1 Å². The van der Waals surface area contributed by atoms with E-state index in [1.807, 2.05) is 0 Å². The average molecular weight is 377 g/mol. The minimum absolute atomic E-state index is 0.0711. The summed E-state index contributed by atoms with van der Waals surface area (Å²) in [7, 11) is 1.62. The highest BCUT2D eigenvalue weighted by atomic mass is 35.5. The molecule has 0 aliphatic heterocycles. The molecule has 0 atom stereocenters. The number of rotatable bonds is 9. The molecule has 2 aromatic rings. The standard InChI is InChI=1S/C19H21ClN2O4/c1-25-12-4-11-21-18(23)13-26-15-9-7-14(8-10-15)22-19(24)16-5-2-3-6-17(16)20/h2-3,5-10H,4,11-13H2,1H3,(H,21,23)(H,22,24). The summed E-state index contributed by atoms with van der Waals surface area (Å²) < 4.78 is 10.3. The smallest absolute Gasteiger partial charge is 0.257 e. The molecule has 0 radical (unpaired) electrons. The van der Waals surface area contributed by atoms with Crippen LogP contribution in [0.2, 0.25) is 5.02 Å². The summed E-state index contributed by atoms with van der Waals surface area (Å²) in [6.07, 6.45) is 0.752. The Morgan fingerprint density at radius 1 is 1.08 bits per heavy atom. The Bertz CT molecular complexity index is 735. The van der Waals surface area contributed by atoms with E-state index >= 15 is 0 Å². The lowest BCUT2D eigenvalue weighted by Gasteiger charge is -2.09. The van der Waals surface area contributed by atoms with Gasteiger partial charge in [-0.3, -0.25) is 9.59 Å². The number of benzene rings is 2. The Labute approximate surface area is 157 Å². The predicted molar refractivity (Wildman–Crippen MR) is 101 cm³/mol. The number of carbonyl (C=O) groups excluding carboxylic acids is 2. The van der Waals surface area contributed by atoms with Crippen molar-refractivity contribution in [2.24, 2.45) is 0 Å². The van der Waals surface area contributed by atoms with E-state index in [-0.39, 0.29) is 18.4 Å². The molecule has 0 bridgehead atoms. The van der Waals surface area contributed by atoms with Crippen LogP contribution in [0.4, 0.5) is 5.69 Å². The van der Waals surface area contributed by atoms with Crippen molar-refractivity contribution in [2.45, 2.75) is 6.42 Å². The van der Waals surface area contributed by atoms with Crippen molar-refractivity contribution in [1.29, 1.82) is 0 Å². The van der Waals surface area contributed by atoms with Gasteiger partial charge in [-0.15, -0.1) is 0 Å². The number of carbonyl (C=O) groups is 2. The van der Waals surface area contributed by atoms with Crippen molar-refractivity contribution in [3.63, 3.8) is 0 Å². The molecule has 26 heavy (non-hydrogen) atoms. The van der Waals surface area contributed by atoms with Crippen LogP contribution in [0.1, 0.15) is 16.8 Å². The molecule has 2 amide bonds. The summed E-state index contributed by atoms with van der Waals surface area (Å²) in [5.41, 5.74) is 1.01. The van der Waals surface area contributed by atoms with E-state index in [4.69, 9.17) is 21.1 Å². The zero-order chi connectivity index (χ0) is 18.8. The Hall–Kier alpha value is -2.57. The van der Waals surface area contributed by atoms with Gasteiger partial charge in [-0.1, -0.05) is 23.7 Å². The molecule has 0 aromatic heterocycles. The van der Waals surface area contributed by atoms with Crippen LogP contribution in [0.3, 0.4) is 0 Å². The summed E-state index contributed by atoms with van der Waals surface area (Å²) in [6, 6.07) is 13.6. The number of amides is 2. The molecule has 0 unspecified atom stereocenters. The maximum atomic E-state index is 12.2. The van der Waals surface area contributed by atoms with E-state index in [2.05, 4.69) is 10.6 Å². The lowest BCUT2D eigenvalue weighted by Crippen LogP contribution is -2.30. The number of ether oxygens (including phenoxy) is 2. The van der Waals surface area contributed by atoms with E-state index < -0.39 is 0 Å². The minimum atomic E-state index is -0.292. The molecule has 0 heterocycles. The maximum Gasteiger partial charge on any atom is 0.257 e. The second-order valence-electron chi connectivity index (χ2n) is 5.44. The monoisotopic (exact) mass is 376 g/mol. The largest absolute Gasteiger partial charge is 0.484 e. The molecule has 0 aliphatic carbocycles. The highest BCUT2D eigenvalue weighted by molar-refractivity contribution is 6.34. The summed E-state index contributed by atoms with van der Waals surface area (Å²) in [5, 5.41) is 5.89. The van der Waals surface area contributed by atoms with Crippen molar-refractivity contribution in [2.75, 3.05) is 32.2 Å². The lowest BCUT2D eigenvalue weighted by atomic mass is 10.2. The summed E-state index contributed by atoms with van der Waals surface area (Å²) in [4.78, 5) is 23.8. The number of halogens is 1. The zero-order valence-corrected chi connectivity index (χ0v) is 15.2. The van der Waals surface area contributed by atoms with Gasteiger partial charge in [0.05, 0.1) is 10.6 Å². The molecular formula is C19H21ClN2O4. The van der Waals surface area contributed by atoms with Crippen LogP contribution in [0.25, 0.3) is 0 Å². The number of methoxy groups -OCH3 is 1. The first-order valence-corrected chi connectivity index (χ1v) is 8.52. The fourth-order valence-electron chi connectivity index (χ4n) is 2.12. The third kappa shape index (κ3) is 6.38. The van der Waals surface area contributed by atoms with Crippen LogP contribution in [0.5, 0.6) is 5.75 Å².